The molecule has 3 aromatic carbocycles. The molecule has 0 aromatic heterocycles. The maximum atomic E-state index is 13.4. The number of amides is 1. The van der Waals surface area contributed by atoms with Gasteiger partial charge in [0.05, 0.1) is 29.8 Å². The number of carbonyl (C=O) groups excluding carboxylic acids is 1. The number of nitrogens with one attached hydrogen (secondary N) is 2. The summed E-state index contributed by atoms with van der Waals surface area (Å²) < 4.78 is 24.4. The van der Waals surface area contributed by atoms with E-state index in [1.807, 2.05) is 60.7 Å². The van der Waals surface area contributed by atoms with E-state index in [4.69, 9.17) is 9.05 Å². The van der Waals surface area contributed by atoms with E-state index in [-0.39, 0.29) is 19.1 Å². The number of fused-ring (bicyclic) bond motifs is 1. The molecule has 0 atom stereocenters. The van der Waals surface area contributed by atoms with E-state index in [0.29, 0.717) is 27.8 Å². The largest absolute Gasteiger partial charge is 0.361 e. The van der Waals surface area contributed by atoms with Crippen LogP contribution in [0.3, 0.4) is 0 Å². The van der Waals surface area contributed by atoms with Crippen molar-refractivity contribution in [1.82, 2.24) is 0 Å². The van der Waals surface area contributed by atoms with Gasteiger partial charge >= 0.3 is 7.60 Å². The van der Waals surface area contributed by atoms with Gasteiger partial charge in [-0.3, -0.25) is 9.36 Å². The van der Waals surface area contributed by atoms with Gasteiger partial charge in [-0.05, 0) is 49.7 Å². The van der Waals surface area contributed by atoms with E-state index >= 15 is 0 Å². The molecule has 32 heavy (non-hydrogen) atoms. The Labute approximate surface area is 187 Å². The first-order chi connectivity index (χ1) is 15.6. The van der Waals surface area contributed by atoms with Gasteiger partial charge in [-0.1, -0.05) is 48.5 Å². The van der Waals surface area contributed by atoms with Crippen molar-refractivity contribution in [1.29, 1.82) is 0 Å². The van der Waals surface area contributed by atoms with Crippen LogP contribution in [0.2, 0.25) is 0 Å². The third kappa shape index (κ3) is 4.39. The van der Waals surface area contributed by atoms with Crippen LogP contribution in [-0.4, -0.2) is 19.1 Å². The Balaban J connectivity index is 1.90. The fourth-order valence-electron chi connectivity index (χ4n) is 3.65. The molecule has 0 unspecified atom stereocenters. The molecule has 0 radical (unpaired) electrons. The monoisotopic (exact) mass is 448 g/mol. The van der Waals surface area contributed by atoms with E-state index in [1.54, 1.807) is 32.0 Å². The highest BCUT2D eigenvalue weighted by Gasteiger charge is 2.33. The summed E-state index contributed by atoms with van der Waals surface area (Å²) in [6, 6.07) is 24.5. The lowest BCUT2D eigenvalue weighted by Crippen LogP contribution is -2.12. The first-order valence-electron chi connectivity index (χ1n) is 10.5. The molecule has 1 aliphatic heterocycles. The number of carbonyl (C=O) groups is 1. The maximum absolute atomic E-state index is 13.4. The molecular weight excluding hydrogens is 423 g/mol. The van der Waals surface area contributed by atoms with Crippen LogP contribution in [0.5, 0.6) is 0 Å². The lowest BCUT2D eigenvalue weighted by molar-refractivity contribution is -0.110. The first-order valence-corrected chi connectivity index (χ1v) is 12.1. The van der Waals surface area contributed by atoms with Crippen molar-refractivity contribution in [3.05, 3.63) is 90.0 Å². The van der Waals surface area contributed by atoms with E-state index in [9.17, 15) is 9.36 Å². The van der Waals surface area contributed by atoms with Crippen LogP contribution in [0.1, 0.15) is 25.0 Å². The van der Waals surface area contributed by atoms with E-state index in [2.05, 4.69) is 10.6 Å². The van der Waals surface area contributed by atoms with Crippen LogP contribution in [0.4, 0.5) is 11.4 Å². The van der Waals surface area contributed by atoms with Gasteiger partial charge in [-0.2, -0.15) is 0 Å². The number of anilines is 2. The van der Waals surface area contributed by atoms with Crippen LogP contribution >= 0.6 is 7.60 Å². The third-order valence-corrected chi connectivity index (χ3v) is 7.12. The molecule has 0 bridgehead atoms. The van der Waals surface area contributed by atoms with Crippen molar-refractivity contribution in [3.8, 4) is 0 Å². The summed E-state index contributed by atoms with van der Waals surface area (Å²) in [6.45, 7) is 4.04. The summed E-state index contributed by atoms with van der Waals surface area (Å²) in [4.78, 5) is 13.1. The molecule has 3 aromatic rings. The zero-order chi connectivity index (χ0) is 22.6. The smallest absolute Gasteiger partial charge is 0.354 e. The highest BCUT2D eigenvalue weighted by atomic mass is 31.2. The summed E-state index contributed by atoms with van der Waals surface area (Å²) in [6.07, 6.45) is 0. The fourth-order valence-corrected chi connectivity index (χ4v) is 5.25. The van der Waals surface area contributed by atoms with Gasteiger partial charge in [0, 0.05) is 16.9 Å². The summed E-state index contributed by atoms with van der Waals surface area (Å²) in [5.74, 6) is -0.234. The second-order valence-electron chi connectivity index (χ2n) is 7.12. The van der Waals surface area contributed by atoms with Gasteiger partial charge in [0.1, 0.15) is 0 Å². The minimum atomic E-state index is -3.50. The highest BCUT2D eigenvalue weighted by molar-refractivity contribution is 7.62. The Morgan fingerprint density at radius 2 is 1.53 bits per heavy atom. The van der Waals surface area contributed by atoms with Gasteiger partial charge in [0.15, 0.2) is 0 Å². The molecule has 1 amide bonds. The van der Waals surface area contributed by atoms with Gasteiger partial charge in [0.2, 0.25) is 0 Å². The lowest BCUT2D eigenvalue weighted by atomic mass is 10.00. The van der Waals surface area contributed by atoms with Gasteiger partial charge in [0.25, 0.3) is 5.91 Å². The molecular formula is C25H25N2O4P. The second kappa shape index (κ2) is 9.53. The standard InChI is InChI=1S/C25H25N2O4P/c1-3-30-32(29,31-4-2)20-15-16-22-21(17-20)23(25(28)27-22)24(18-11-7-5-8-12-18)26-19-13-9-6-10-14-19/h5-17,26H,3-4H2,1-2H3,(H,27,28)/b24-23-. The Hall–Kier alpha value is -3.18. The topological polar surface area (TPSA) is 76.7 Å². The predicted octanol–water partition coefficient (Wildman–Crippen LogP) is 5.51. The molecule has 0 saturated heterocycles. The molecule has 6 nitrogen and oxygen atoms in total. The molecule has 1 heterocycles. The molecule has 164 valence electrons. The van der Waals surface area contributed by atoms with Crippen molar-refractivity contribution in [2.45, 2.75) is 13.8 Å². The van der Waals surface area contributed by atoms with Crippen molar-refractivity contribution in [2.24, 2.45) is 0 Å². The third-order valence-electron chi connectivity index (χ3n) is 5.02. The normalized spacial score (nSPS) is 14.6. The van der Waals surface area contributed by atoms with Crippen molar-refractivity contribution >= 4 is 41.5 Å². The Morgan fingerprint density at radius 3 is 2.16 bits per heavy atom. The number of benzene rings is 3. The molecule has 1 aliphatic rings. The molecule has 0 spiro atoms. The molecule has 0 saturated carbocycles. The maximum Gasteiger partial charge on any atom is 0.361 e. The first kappa shape index (κ1) is 22.0. The van der Waals surface area contributed by atoms with E-state index in [1.165, 1.54) is 0 Å². The van der Waals surface area contributed by atoms with Crippen molar-refractivity contribution in [3.63, 3.8) is 0 Å². The average molecular weight is 448 g/mol. The summed E-state index contributed by atoms with van der Waals surface area (Å²) in [5, 5.41) is 6.74. The molecule has 0 aliphatic carbocycles. The molecule has 4 rings (SSSR count). The van der Waals surface area contributed by atoms with Gasteiger partial charge in [-0.25, -0.2) is 0 Å². The summed E-state index contributed by atoms with van der Waals surface area (Å²) >= 11 is 0. The van der Waals surface area contributed by atoms with E-state index < -0.39 is 7.60 Å². The van der Waals surface area contributed by atoms with Gasteiger partial charge < -0.3 is 19.7 Å². The average Bonchev–Trinajstić information content (AvgIpc) is 3.14. The zero-order valence-electron chi connectivity index (χ0n) is 18.0. The van der Waals surface area contributed by atoms with Crippen LogP contribution in [-0.2, 0) is 18.4 Å². The van der Waals surface area contributed by atoms with Crippen LogP contribution in [0, 0.1) is 0 Å². The van der Waals surface area contributed by atoms with Crippen molar-refractivity contribution in [2.75, 3.05) is 23.8 Å². The van der Waals surface area contributed by atoms with Crippen molar-refractivity contribution < 1.29 is 18.4 Å². The fraction of sp³-hybridized carbons (Fsp3) is 0.160. The second-order valence-corrected chi connectivity index (χ2v) is 9.15. The number of hydrogen-bond donors (Lipinski definition) is 2. The summed E-state index contributed by atoms with van der Waals surface area (Å²) in [5.41, 5.74) is 4.14. The highest BCUT2D eigenvalue weighted by Crippen LogP contribution is 2.48. The van der Waals surface area contributed by atoms with Crippen LogP contribution < -0.4 is 15.9 Å². The lowest BCUT2D eigenvalue weighted by Gasteiger charge is -2.18. The number of para-hydroxylation sites is 1. The van der Waals surface area contributed by atoms with Gasteiger partial charge in [-0.15, -0.1) is 0 Å². The minimum Gasteiger partial charge on any atom is -0.354 e. The zero-order valence-corrected chi connectivity index (χ0v) is 18.9. The van der Waals surface area contributed by atoms with Crippen LogP contribution in [0.25, 0.3) is 11.3 Å². The minimum absolute atomic E-state index is 0.234. The van der Waals surface area contributed by atoms with Crippen LogP contribution in [0.15, 0.2) is 78.9 Å². The quantitative estimate of drug-likeness (QED) is 0.351. The Bertz CT molecular complexity index is 1180. The number of hydrogen-bond acceptors (Lipinski definition) is 5. The number of rotatable bonds is 8. The SMILES string of the molecule is CCOP(=O)(OCC)c1ccc2c(c1)/C(=C(/Nc1ccccc1)c1ccccc1)C(=O)N2. The Morgan fingerprint density at radius 1 is 0.906 bits per heavy atom. The molecule has 7 heteroatoms. The Kier molecular flexibility index (Phi) is 6.56. The molecule has 0 fully saturated rings. The molecule has 2 N–H and O–H groups in total. The van der Waals surface area contributed by atoms with E-state index in [0.717, 1.165) is 11.3 Å². The summed E-state index contributed by atoms with van der Waals surface area (Å²) in [7, 11) is -3.50. The predicted molar refractivity (Wildman–Crippen MR) is 129 cm³/mol.